The van der Waals surface area contributed by atoms with E-state index >= 15 is 0 Å². The van der Waals surface area contributed by atoms with Gasteiger partial charge in [-0.15, -0.1) is 0 Å². The first kappa shape index (κ1) is 17.8. The smallest absolute Gasteiger partial charge is 0.277 e. The molecule has 0 spiro atoms. The molecule has 0 saturated heterocycles. The molecule has 0 fully saturated rings. The predicted octanol–water partition coefficient (Wildman–Crippen LogP) is 3.36. The van der Waals surface area contributed by atoms with Crippen LogP contribution in [0.25, 0.3) is 0 Å². The molecule has 26 heavy (non-hydrogen) atoms. The van der Waals surface area contributed by atoms with E-state index in [0.717, 1.165) is 10.6 Å². The molecule has 1 amide bonds. The Kier molecular flexibility index (Phi) is 4.56. The minimum absolute atomic E-state index is 0.103. The van der Waals surface area contributed by atoms with Gasteiger partial charge in [-0.1, -0.05) is 42.8 Å². The summed E-state index contributed by atoms with van der Waals surface area (Å²) in [5.74, 6) is -0.583. The second-order valence-electron chi connectivity index (χ2n) is 6.30. The summed E-state index contributed by atoms with van der Waals surface area (Å²) >= 11 is 0. The predicted molar refractivity (Wildman–Crippen MR) is 96.7 cm³/mol. The number of hydrogen-bond donors (Lipinski definition) is 1. The first-order valence-corrected chi connectivity index (χ1v) is 8.30. The molecule has 7 nitrogen and oxygen atoms in total. The van der Waals surface area contributed by atoms with Gasteiger partial charge in [0.2, 0.25) is 0 Å². The number of hydrazone groups is 1. The summed E-state index contributed by atoms with van der Waals surface area (Å²) in [6, 6.07) is 12.7. The van der Waals surface area contributed by atoms with Crippen molar-refractivity contribution < 1.29 is 14.8 Å². The lowest BCUT2D eigenvalue weighted by Gasteiger charge is -2.31. The Morgan fingerprint density at radius 2 is 2.00 bits per heavy atom. The van der Waals surface area contributed by atoms with Crippen LogP contribution in [0, 0.1) is 17.0 Å². The van der Waals surface area contributed by atoms with Crippen LogP contribution >= 0.6 is 0 Å². The highest BCUT2D eigenvalue weighted by molar-refractivity contribution is 5.98. The number of aliphatic hydroxyl groups is 1. The molecule has 3 rings (SSSR count). The van der Waals surface area contributed by atoms with Crippen LogP contribution in [0.3, 0.4) is 0 Å². The lowest BCUT2D eigenvalue weighted by atomic mass is 9.95. The third kappa shape index (κ3) is 3.09. The van der Waals surface area contributed by atoms with E-state index in [-0.39, 0.29) is 17.7 Å². The molecule has 1 atom stereocenters. The van der Waals surface area contributed by atoms with Gasteiger partial charge in [0.1, 0.15) is 0 Å². The maximum Gasteiger partial charge on any atom is 0.277 e. The van der Waals surface area contributed by atoms with Crippen molar-refractivity contribution in [2.45, 2.75) is 32.4 Å². The molecule has 7 heteroatoms. The highest BCUT2D eigenvalue weighted by Crippen LogP contribution is 2.37. The number of non-ortho nitro benzene ring substituents is 1. The zero-order valence-electron chi connectivity index (χ0n) is 14.5. The van der Waals surface area contributed by atoms with E-state index in [4.69, 9.17) is 0 Å². The van der Waals surface area contributed by atoms with Gasteiger partial charge in [-0.3, -0.25) is 14.9 Å². The van der Waals surface area contributed by atoms with Crippen LogP contribution in [0.2, 0.25) is 0 Å². The van der Waals surface area contributed by atoms with Crippen molar-refractivity contribution in [3.05, 3.63) is 75.3 Å². The van der Waals surface area contributed by atoms with Crippen LogP contribution in [0.4, 0.5) is 5.69 Å². The molecule has 1 aliphatic rings. The van der Waals surface area contributed by atoms with Crippen molar-refractivity contribution >= 4 is 17.3 Å². The monoisotopic (exact) mass is 353 g/mol. The summed E-state index contributed by atoms with van der Waals surface area (Å²) < 4.78 is 0. The fourth-order valence-corrected chi connectivity index (χ4v) is 2.95. The Morgan fingerprint density at radius 1 is 1.31 bits per heavy atom. The SMILES string of the molecule is CCC1=NN(C(=O)c2cccc([N+](=O)[O-])c2)[C@@](O)(c2ccc(C)cc2)C1. The van der Waals surface area contributed by atoms with Crippen LogP contribution < -0.4 is 0 Å². The van der Waals surface area contributed by atoms with Gasteiger partial charge in [-0.25, -0.2) is 0 Å². The molecule has 0 radical (unpaired) electrons. The molecule has 2 aromatic rings. The summed E-state index contributed by atoms with van der Waals surface area (Å²) in [7, 11) is 0. The van der Waals surface area contributed by atoms with E-state index < -0.39 is 16.6 Å². The number of rotatable bonds is 4. The largest absolute Gasteiger partial charge is 0.365 e. The van der Waals surface area contributed by atoms with Crippen molar-refractivity contribution in [2.24, 2.45) is 5.10 Å². The summed E-state index contributed by atoms with van der Waals surface area (Å²) in [6.07, 6.45) is 0.792. The molecule has 1 aliphatic heterocycles. The Labute approximate surface area is 150 Å². The Balaban J connectivity index is 2.03. The standard InChI is InChI=1S/C19H19N3O4/c1-3-16-12-19(24,15-9-7-13(2)8-10-15)21(20-16)18(23)14-5-4-6-17(11-14)22(25)26/h4-11,24H,3,12H2,1-2H3/t19-/m0/s1. The lowest BCUT2D eigenvalue weighted by molar-refractivity contribution is -0.384. The van der Waals surface area contributed by atoms with Gasteiger partial charge in [0.15, 0.2) is 5.72 Å². The molecule has 0 aliphatic carbocycles. The van der Waals surface area contributed by atoms with Gasteiger partial charge in [0, 0.05) is 35.4 Å². The molecule has 0 unspecified atom stereocenters. The van der Waals surface area contributed by atoms with E-state index in [1.807, 2.05) is 26.0 Å². The molecular weight excluding hydrogens is 334 g/mol. The van der Waals surface area contributed by atoms with Gasteiger partial charge >= 0.3 is 0 Å². The second-order valence-corrected chi connectivity index (χ2v) is 6.30. The average Bonchev–Trinajstić information content (AvgIpc) is 2.99. The van der Waals surface area contributed by atoms with Crippen LogP contribution in [0.15, 0.2) is 53.6 Å². The summed E-state index contributed by atoms with van der Waals surface area (Å²) in [6.45, 7) is 3.83. The normalized spacial score (nSPS) is 19.3. The van der Waals surface area contributed by atoms with Crippen LogP contribution in [-0.4, -0.2) is 26.7 Å². The summed E-state index contributed by atoms with van der Waals surface area (Å²) in [4.78, 5) is 23.4. The van der Waals surface area contributed by atoms with Gasteiger partial charge in [-0.2, -0.15) is 10.1 Å². The Bertz CT molecular complexity index is 892. The van der Waals surface area contributed by atoms with Crippen molar-refractivity contribution in [2.75, 3.05) is 0 Å². The number of nitrogens with zero attached hydrogens (tertiary/aromatic N) is 3. The average molecular weight is 353 g/mol. The molecule has 134 valence electrons. The maximum atomic E-state index is 13.0. The molecular formula is C19H19N3O4. The van der Waals surface area contributed by atoms with Gasteiger partial charge in [0.05, 0.1) is 4.92 Å². The van der Waals surface area contributed by atoms with E-state index in [0.29, 0.717) is 17.7 Å². The minimum Gasteiger partial charge on any atom is -0.365 e. The van der Waals surface area contributed by atoms with E-state index in [9.17, 15) is 20.0 Å². The zero-order valence-corrected chi connectivity index (χ0v) is 14.5. The van der Waals surface area contributed by atoms with Crippen LogP contribution in [0.5, 0.6) is 0 Å². The highest BCUT2D eigenvalue weighted by Gasteiger charge is 2.45. The highest BCUT2D eigenvalue weighted by atomic mass is 16.6. The molecule has 1 N–H and O–H groups in total. The molecule has 2 aromatic carbocycles. The minimum atomic E-state index is -1.61. The number of nitro benzene ring substituents is 1. The first-order valence-electron chi connectivity index (χ1n) is 8.30. The maximum absolute atomic E-state index is 13.0. The van der Waals surface area contributed by atoms with Gasteiger partial charge in [0.25, 0.3) is 11.6 Å². The number of carbonyl (C=O) groups is 1. The van der Waals surface area contributed by atoms with Crippen LogP contribution in [0.1, 0.15) is 41.3 Å². The Morgan fingerprint density at radius 3 is 2.62 bits per heavy atom. The van der Waals surface area contributed by atoms with Gasteiger partial charge in [-0.05, 0) is 19.4 Å². The van der Waals surface area contributed by atoms with Crippen LogP contribution in [-0.2, 0) is 5.72 Å². The van der Waals surface area contributed by atoms with E-state index in [1.165, 1.54) is 24.3 Å². The second kappa shape index (κ2) is 6.68. The first-order chi connectivity index (χ1) is 12.3. The number of nitro groups is 1. The number of benzene rings is 2. The van der Waals surface area contributed by atoms with E-state index in [2.05, 4.69) is 5.10 Å². The molecule has 1 heterocycles. The number of amides is 1. The van der Waals surface area contributed by atoms with Crippen molar-refractivity contribution in [3.8, 4) is 0 Å². The number of aryl methyl sites for hydroxylation is 1. The molecule has 0 bridgehead atoms. The molecule has 0 saturated carbocycles. The Hall–Kier alpha value is -3.06. The van der Waals surface area contributed by atoms with Crippen molar-refractivity contribution in [3.63, 3.8) is 0 Å². The van der Waals surface area contributed by atoms with E-state index in [1.54, 1.807) is 12.1 Å². The fourth-order valence-electron chi connectivity index (χ4n) is 2.95. The third-order valence-corrected chi connectivity index (χ3v) is 4.46. The fraction of sp³-hybridized carbons (Fsp3) is 0.263. The zero-order chi connectivity index (χ0) is 18.9. The number of hydrogen-bond acceptors (Lipinski definition) is 5. The lowest BCUT2D eigenvalue weighted by Crippen LogP contribution is -2.43. The van der Waals surface area contributed by atoms with Crippen molar-refractivity contribution in [1.82, 2.24) is 5.01 Å². The third-order valence-electron chi connectivity index (χ3n) is 4.46. The quantitative estimate of drug-likeness (QED) is 0.673. The topological polar surface area (TPSA) is 96.0 Å². The number of carbonyl (C=O) groups excluding carboxylic acids is 1. The van der Waals surface area contributed by atoms with Gasteiger partial charge < -0.3 is 5.11 Å². The summed E-state index contributed by atoms with van der Waals surface area (Å²) in [5, 5.41) is 27.6. The molecule has 0 aromatic heterocycles. The van der Waals surface area contributed by atoms with Crippen molar-refractivity contribution in [1.29, 1.82) is 0 Å². The summed E-state index contributed by atoms with van der Waals surface area (Å²) in [5.41, 5.74) is 0.574.